The number of aryl methyl sites for hydroxylation is 3. The number of anilines is 4. The molecule has 2 aromatic carbocycles. The number of fused-ring (bicyclic) bond motifs is 1. The molecule has 0 amide bonds. The van der Waals surface area contributed by atoms with Crippen LogP contribution in [0.5, 0.6) is 0 Å². The fourth-order valence-corrected chi connectivity index (χ4v) is 7.10. The van der Waals surface area contributed by atoms with Crippen molar-refractivity contribution in [3.63, 3.8) is 0 Å². The van der Waals surface area contributed by atoms with Gasteiger partial charge >= 0.3 is 5.97 Å². The Hall–Kier alpha value is -5.55. The number of nitriles is 1. The predicted molar refractivity (Wildman–Crippen MR) is 194 cm³/mol. The van der Waals surface area contributed by atoms with Crippen molar-refractivity contribution in [2.45, 2.75) is 45.1 Å². The van der Waals surface area contributed by atoms with Gasteiger partial charge in [0, 0.05) is 33.0 Å². The third-order valence-corrected chi connectivity index (χ3v) is 10.0. The minimum Gasteiger partial charge on any atom is -0.480 e. The van der Waals surface area contributed by atoms with Gasteiger partial charge in [-0.1, -0.05) is 29.0 Å². The standard InChI is InChI=1S/C32H36N12O5S2/c1-17-12-18(2)25(19(3)13-17)37-29-26(28(35-10-7-11-49-6)38-31(34-5)39-29)40-41-27-21(15-33)16-44(42-27)32-36-23-14-22(8-9-24(23)50-32)51(47,48)43-20(4)30(45)46/h8-9,12-14,16,20,43H,7,10-11H2,1-6H3,(H,45,46)(H3,34,35,37,38,39). The highest BCUT2D eigenvalue weighted by atomic mass is 32.2. The number of nitrogens with one attached hydrogen (secondary N) is 4. The Kier molecular flexibility index (Phi) is 11.2. The number of methoxy groups -OCH3 is 1. The van der Waals surface area contributed by atoms with Gasteiger partial charge in [0.2, 0.25) is 26.9 Å². The summed E-state index contributed by atoms with van der Waals surface area (Å²) in [6, 6.07) is 9.14. The van der Waals surface area contributed by atoms with Gasteiger partial charge in [0.05, 0.1) is 21.3 Å². The van der Waals surface area contributed by atoms with Gasteiger partial charge in [0.1, 0.15) is 17.7 Å². The van der Waals surface area contributed by atoms with Gasteiger partial charge in [-0.25, -0.2) is 18.1 Å². The number of carbonyl (C=O) groups is 1. The van der Waals surface area contributed by atoms with Crippen LogP contribution in [0.15, 0.2) is 51.7 Å². The zero-order valence-electron chi connectivity index (χ0n) is 28.6. The maximum Gasteiger partial charge on any atom is 0.321 e. The molecule has 0 aliphatic rings. The molecule has 5 N–H and O–H groups in total. The van der Waals surface area contributed by atoms with Crippen LogP contribution in [0.1, 0.15) is 35.6 Å². The minimum absolute atomic E-state index is 0.00329. The van der Waals surface area contributed by atoms with Crippen molar-refractivity contribution >= 4 is 72.3 Å². The molecular weight excluding hydrogens is 697 g/mol. The second-order valence-corrected chi connectivity index (χ2v) is 14.2. The Morgan fingerprint density at radius 3 is 2.51 bits per heavy atom. The van der Waals surface area contributed by atoms with E-state index in [-0.39, 0.29) is 22.0 Å². The molecule has 3 aromatic heterocycles. The van der Waals surface area contributed by atoms with E-state index < -0.39 is 22.0 Å². The van der Waals surface area contributed by atoms with E-state index in [1.54, 1.807) is 20.2 Å². The number of thiazole rings is 1. The average Bonchev–Trinajstić information content (AvgIpc) is 3.71. The summed E-state index contributed by atoms with van der Waals surface area (Å²) < 4.78 is 34.8. The van der Waals surface area contributed by atoms with E-state index >= 15 is 0 Å². The fourth-order valence-electron chi connectivity index (χ4n) is 5.01. The number of carboxylic acid groups (broad SMARTS) is 1. The summed E-state index contributed by atoms with van der Waals surface area (Å²) in [5.41, 5.74) is 4.71. The fraction of sp³-hybridized carbons (Fsp3) is 0.312. The lowest BCUT2D eigenvalue weighted by Gasteiger charge is -2.17. The molecule has 51 heavy (non-hydrogen) atoms. The van der Waals surface area contributed by atoms with E-state index in [2.05, 4.69) is 69.2 Å². The Morgan fingerprint density at radius 2 is 1.84 bits per heavy atom. The Balaban J connectivity index is 1.53. The topological polar surface area (TPSA) is 234 Å². The number of aliphatic carboxylic acids is 1. The zero-order chi connectivity index (χ0) is 36.9. The average molecular weight is 733 g/mol. The normalized spacial score (nSPS) is 12.3. The summed E-state index contributed by atoms with van der Waals surface area (Å²) in [7, 11) is -0.791. The van der Waals surface area contributed by atoms with Crippen molar-refractivity contribution in [3.8, 4) is 11.2 Å². The second-order valence-electron chi connectivity index (χ2n) is 11.4. The van der Waals surface area contributed by atoms with Crippen LogP contribution >= 0.6 is 11.3 Å². The van der Waals surface area contributed by atoms with Gasteiger partial charge in [-0.15, -0.1) is 15.3 Å². The number of hydrogen-bond donors (Lipinski definition) is 5. The lowest BCUT2D eigenvalue weighted by atomic mass is 10.1. The van der Waals surface area contributed by atoms with Crippen molar-refractivity contribution in [2.75, 3.05) is 43.3 Å². The molecule has 266 valence electrons. The van der Waals surface area contributed by atoms with Gasteiger partial charge in [0.25, 0.3) is 0 Å². The highest BCUT2D eigenvalue weighted by Crippen LogP contribution is 2.37. The molecular formula is C32H36N12O5S2. The molecule has 3 heterocycles. The van der Waals surface area contributed by atoms with Gasteiger partial charge in [-0.05, 0) is 63.4 Å². The van der Waals surface area contributed by atoms with Crippen molar-refractivity contribution in [3.05, 3.63) is 58.8 Å². The molecule has 0 aliphatic heterocycles. The lowest BCUT2D eigenvalue weighted by Crippen LogP contribution is -2.38. The van der Waals surface area contributed by atoms with Gasteiger partial charge in [-0.2, -0.15) is 20.0 Å². The Morgan fingerprint density at radius 1 is 1.12 bits per heavy atom. The molecule has 5 rings (SSSR count). The molecule has 0 radical (unpaired) electrons. The van der Waals surface area contributed by atoms with Crippen LogP contribution in [0, 0.1) is 32.1 Å². The minimum atomic E-state index is -4.13. The molecule has 17 nitrogen and oxygen atoms in total. The molecule has 0 saturated heterocycles. The molecule has 19 heteroatoms. The van der Waals surface area contributed by atoms with E-state index in [0.717, 1.165) is 22.4 Å². The second kappa shape index (κ2) is 15.6. The monoisotopic (exact) mass is 732 g/mol. The summed E-state index contributed by atoms with van der Waals surface area (Å²) >= 11 is 1.20. The van der Waals surface area contributed by atoms with E-state index in [9.17, 15) is 18.5 Å². The SMILES string of the molecule is CNc1nc(NCCCOC)c(N=Nc2nn(-c3nc4cc(S(=O)(=O)NC(C)C(=O)O)ccc4s3)cc2C#N)c(Nc2c(C)cc(C)cc2C)n1. The Bertz CT molecular complexity index is 2250. The highest BCUT2D eigenvalue weighted by molar-refractivity contribution is 7.89. The molecule has 0 spiro atoms. The summed E-state index contributed by atoms with van der Waals surface area (Å²) in [6.45, 7) is 8.31. The number of hydrogen-bond acceptors (Lipinski definition) is 15. The third kappa shape index (κ3) is 8.43. The maximum atomic E-state index is 12.8. The first kappa shape index (κ1) is 36.7. The summed E-state index contributed by atoms with van der Waals surface area (Å²) in [5, 5.41) is 42.5. The molecule has 1 atom stereocenters. The van der Waals surface area contributed by atoms with Crippen LogP contribution in [0.2, 0.25) is 0 Å². The maximum absolute atomic E-state index is 12.8. The molecule has 0 aliphatic carbocycles. The van der Waals surface area contributed by atoms with E-state index in [0.29, 0.717) is 52.5 Å². The number of nitrogens with zero attached hydrogens (tertiary/aromatic N) is 8. The first-order valence-corrected chi connectivity index (χ1v) is 17.9. The lowest BCUT2D eigenvalue weighted by molar-refractivity contribution is -0.138. The van der Waals surface area contributed by atoms with Crippen molar-refractivity contribution in [1.82, 2.24) is 29.5 Å². The molecule has 0 fully saturated rings. The van der Waals surface area contributed by atoms with Crippen LogP contribution in [0.4, 0.5) is 34.8 Å². The van der Waals surface area contributed by atoms with E-state index in [1.807, 2.05) is 20.8 Å². The number of carboxylic acids is 1. The van der Waals surface area contributed by atoms with Gasteiger partial charge < -0.3 is 25.8 Å². The highest BCUT2D eigenvalue weighted by Gasteiger charge is 2.23. The smallest absolute Gasteiger partial charge is 0.321 e. The zero-order valence-corrected chi connectivity index (χ0v) is 30.3. The molecule has 0 saturated carbocycles. The number of ether oxygens (including phenoxy) is 1. The summed E-state index contributed by atoms with van der Waals surface area (Å²) in [4.78, 5) is 24.8. The molecule has 1 unspecified atom stereocenters. The van der Waals surface area contributed by atoms with Crippen LogP contribution < -0.4 is 20.7 Å². The van der Waals surface area contributed by atoms with Crippen molar-refractivity contribution in [1.29, 1.82) is 5.26 Å². The first-order chi connectivity index (χ1) is 24.3. The largest absolute Gasteiger partial charge is 0.480 e. The molecule has 0 bridgehead atoms. The predicted octanol–water partition coefficient (Wildman–Crippen LogP) is 5.47. The van der Waals surface area contributed by atoms with E-state index in [1.165, 1.54) is 41.3 Å². The third-order valence-electron chi connectivity index (χ3n) is 7.46. The number of sulfonamides is 1. The molecule has 5 aromatic rings. The summed E-state index contributed by atoms with van der Waals surface area (Å²) in [6.07, 6.45) is 2.14. The number of benzene rings is 2. The quantitative estimate of drug-likeness (QED) is 0.0664. The Labute approximate surface area is 297 Å². The van der Waals surface area contributed by atoms with Crippen LogP contribution in [-0.2, 0) is 19.6 Å². The van der Waals surface area contributed by atoms with E-state index in [4.69, 9.17) is 9.84 Å². The van der Waals surface area contributed by atoms with Crippen LogP contribution in [-0.4, -0.2) is 77.6 Å². The van der Waals surface area contributed by atoms with Crippen LogP contribution in [0.3, 0.4) is 0 Å². The van der Waals surface area contributed by atoms with Crippen molar-refractivity contribution < 1.29 is 23.1 Å². The van der Waals surface area contributed by atoms with Gasteiger partial charge in [-0.3, -0.25) is 4.79 Å². The summed E-state index contributed by atoms with van der Waals surface area (Å²) in [5.74, 6) is -0.208. The number of aromatic nitrogens is 5. The van der Waals surface area contributed by atoms with Gasteiger partial charge in [0.15, 0.2) is 17.3 Å². The van der Waals surface area contributed by atoms with Crippen LogP contribution in [0.25, 0.3) is 15.3 Å². The first-order valence-electron chi connectivity index (χ1n) is 15.6. The number of rotatable bonds is 15. The van der Waals surface area contributed by atoms with Crippen molar-refractivity contribution in [2.24, 2.45) is 10.2 Å². The number of azo groups is 1.